The Labute approximate surface area is 104 Å². The van der Waals surface area contributed by atoms with Crippen molar-refractivity contribution in [3.8, 4) is 0 Å². The van der Waals surface area contributed by atoms with Gasteiger partial charge in [0.2, 0.25) is 0 Å². The van der Waals surface area contributed by atoms with E-state index in [0.29, 0.717) is 0 Å². The molecule has 2 amide bonds. The first-order valence-electron chi connectivity index (χ1n) is 6.27. The summed E-state index contributed by atoms with van der Waals surface area (Å²) in [6.45, 7) is 12.8. The molecule has 0 atom stereocenters. The van der Waals surface area contributed by atoms with Gasteiger partial charge in [-0.15, -0.1) is 0 Å². The van der Waals surface area contributed by atoms with Crippen molar-refractivity contribution in [1.29, 1.82) is 0 Å². The van der Waals surface area contributed by atoms with Gasteiger partial charge in [0, 0.05) is 31.4 Å². The van der Waals surface area contributed by atoms with E-state index >= 15 is 0 Å². The summed E-state index contributed by atoms with van der Waals surface area (Å²) >= 11 is 0. The Kier molecular flexibility index (Phi) is 2.73. The van der Waals surface area contributed by atoms with Gasteiger partial charge >= 0.3 is 6.03 Å². The summed E-state index contributed by atoms with van der Waals surface area (Å²) < 4.78 is 0. The molecule has 2 aliphatic rings. The third-order valence-electron chi connectivity index (χ3n) is 4.17. The first-order valence-corrected chi connectivity index (χ1v) is 6.27. The Morgan fingerprint density at radius 2 is 1.82 bits per heavy atom. The second-order valence-electron chi connectivity index (χ2n) is 6.18. The molecule has 2 fully saturated rings. The van der Waals surface area contributed by atoms with E-state index in [0.717, 1.165) is 31.6 Å². The predicted octanol–water partition coefficient (Wildman–Crippen LogP) is 1.79. The zero-order chi connectivity index (χ0) is 12.8. The molecule has 96 valence electrons. The molecule has 1 spiro atoms. The van der Waals surface area contributed by atoms with Crippen LogP contribution in [-0.2, 0) is 0 Å². The Morgan fingerprint density at radius 3 is 2.18 bits per heavy atom. The lowest BCUT2D eigenvalue weighted by Crippen LogP contribution is -2.55. The topological polar surface area (TPSA) is 35.6 Å². The minimum absolute atomic E-state index is 0.0146. The number of likely N-dealkylation sites (N-methyl/N-ethyl adjacent to an activating group) is 1. The van der Waals surface area contributed by atoms with Crippen molar-refractivity contribution < 1.29 is 4.79 Å². The van der Waals surface area contributed by atoms with Crippen LogP contribution in [0.3, 0.4) is 0 Å². The van der Waals surface area contributed by atoms with Crippen LogP contribution < -0.4 is 5.32 Å². The van der Waals surface area contributed by atoms with Gasteiger partial charge < -0.3 is 5.32 Å². The maximum atomic E-state index is 11.7. The number of carbonyl (C=O) groups excluding carboxylic acids is 1. The number of nitrogens with zero attached hydrogens (tertiary/aromatic N) is 2. The molecule has 2 heterocycles. The van der Waals surface area contributed by atoms with Crippen LogP contribution in [0.25, 0.3) is 0 Å². The average Bonchev–Trinajstić information content (AvgIpc) is 2.43. The maximum Gasteiger partial charge on any atom is 0.322 e. The van der Waals surface area contributed by atoms with Crippen molar-refractivity contribution in [2.75, 3.05) is 20.1 Å². The van der Waals surface area contributed by atoms with Crippen LogP contribution in [0, 0.1) is 0 Å². The lowest BCUT2D eigenvalue weighted by Gasteiger charge is -2.45. The number of nitrogens with one attached hydrogen (secondary N) is 1. The van der Waals surface area contributed by atoms with Crippen LogP contribution in [0.15, 0.2) is 12.3 Å². The minimum Gasteiger partial charge on any atom is -0.327 e. The first-order chi connectivity index (χ1) is 7.76. The third kappa shape index (κ3) is 1.95. The number of rotatable bonds is 0. The van der Waals surface area contributed by atoms with Crippen molar-refractivity contribution in [2.45, 2.75) is 44.7 Å². The van der Waals surface area contributed by atoms with Gasteiger partial charge in [-0.05, 0) is 33.6 Å². The number of likely N-dealkylation sites (tertiary alicyclic amines) is 1. The number of urea groups is 1. The largest absolute Gasteiger partial charge is 0.327 e. The lowest BCUT2D eigenvalue weighted by molar-refractivity contribution is 0.0805. The summed E-state index contributed by atoms with van der Waals surface area (Å²) in [6, 6.07) is -0.0146. The zero-order valence-corrected chi connectivity index (χ0v) is 11.3. The molecule has 2 aliphatic heterocycles. The predicted molar refractivity (Wildman–Crippen MR) is 68.7 cm³/mol. The van der Waals surface area contributed by atoms with Crippen LogP contribution in [0.1, 0.15) is 33.6 Å². The number of carbonyl (C=O) groups is 1. The molecule has 0 saturated carbocycles. The second kappa shape index (κ2) is 3.73. The third-order valence-corrected chi connectivity index (χ3v) is 4.17. The minimum atomic E-state index is -0.187. The molecule has 17 heavy (non-hydrogen) atoms. The molecule has 0 radical (unpaired) electrons. The van der Waals surface area contributed by atoms with Crippen LogP contribution in [0.2, 0.25) is 0 Å². The summed E-state index contributed by atoms with van der Waals surface area (Å²) in [5, 5.41) is 3.10. The van der Waals surface area contributed by atoms with E-state index in [-0.39, 0.29) is 17.1 Å². The van der Waals surface area contributed by atoms with E-state index < -0.39 is 0 Å². The number of amides is 2. The van der Waals surface area contributed by atoms with E-state index in [2.05, 4.69) is 37.6 Å². The van der Waals surface area contributed by atoms with Crippen LogP contribution in [0.4, 0.5) is 4.79 Å². The number of piperidine rings is 1. The summed E-state index contributed by atoms with van der Waals surface area (Å²) in [7, 11) is 1.79. The van der Waals surface area contributed by atoms with Gasteiger partial charge in [0.05, 0.1) is 5.54 Å². The van der Waals surface area contributed by atoms with E-state index in [9.17, 15) is 4.79 Å². The van der Waals surface area contributed by atoms with Crippen LogP contribution in [-0.4, -0.2) is 47.0 Å². The Bertz CT molecular complexity index is 348. The van der Waals surface area contributed by atoms with E-state index in [1.54, 1.807) is 11.9 Å². The van der Waals surface area contributed by atoms with Gasteiger partial charge in [-0.2, -0.15) is 0 Å². The molecule has 0 aliphatic carbocycles. The molecule has 2 saturated heterocycles. The summed E-state index contributed by atoms with van der Waals surface area (Å²) in [5.74, 6) is 0. The molecule has 0 aromatic carbocycles. The van der Waals surface area contributed by atoms with Gasteiger partial charge in [0.15, 0.2) is 0 Å². The van der Waals surface area contributed by atoms with Crippen molar-refractivity contribution in [1.82, 2.24) is 15.1 Å². The SMILES string of the molecule is C=C1N(C)C(=O)NC12CCN(C(C)(C)C)CC2. The van der Waals surface area contributed by atoms with Crippen molar-refractivity contribution >= 4 is 6.03 Å². The average molecular weight is 237 g/mol. The van der Waals surface area contributed by atoms with Gasteiger partial charge in [-0.3, -0.25) is 9.80 Å². The van der Waals surface area contributed by atoms with Crippen molar-refractivity contribution in [2.24, 2.45) is 0 Å². The Hall–Kier alpha value is -1.03. The van der Waals surface area contributed by atoms with Gasteiger partial charge in [-0.1, -0.05) is 6.58 Å². The monoisotopic (exact) mass is 237 g/mol. The fraction of sp³-hybridized carbons (Fsp3) is 0.769. The second-order valence-corrected chi connectivity index (χ2v) is 6.18. The molecule has 0 aromatic heterocycles. The molecule has 0 unspecified atom stereocenters. The highest BCUT2D eigenvalue weighted by Crippen LogP contribution is 2.36. The summed E-state index contributed by atoms with van der Waals surface area (Å²) in [6.07, 6.45) is 1.92. The zero-order valence-electron chi connectivity index (χ0n) is 11.3. The molecule has 0 aromatic rings. The fourth-order valence-corrected chi connectivity index (χ4v) is 2.78. The molecule has 4 heteroatoms. The highest BCUT2D eigenvalue weighted by Gasteiger charge is 2.47. The van der Waals surface area contributed by atoms with Crippen molar-refractivity contribution in [3.63, 3.8) is 0 Å². The standard InChI is InChI=1S/C13H23N3O/c1-10-13(14-11(17)15(10)5)6-8-16(9-7-13)12(2,3)4/h1,6-9H2,2-5H3,(H,14,17). The fourth-order valence-electron chi connectivity index (χ4n) is 2.78. The van der Waals surface area contributed by atoms with Crippen molar-refractivity contribution in [3.05, 3.63) is 12.3 Å². The Morgan fingerprint density at radius 1 is 1.29 bits per heavy atom. The highest BCUT2D eigenvalue weighted by molar-refractivity contribution is 5.81. The molecule has 0 bridgehead atoms. The molecular formula is C13H23N3O. The van der Waals surface area contributed by atoms with Crippen LogP contribution >= 0.6 is 0 Å². The molecule has 1 N–H and O–H groups in total. The van der Waals surface area contributed by atoms with Gasteiger partial charge in [-0.25, -0.2) is 4.79 Å². The maximum absolute atomic E-state index is 11.7. The van der Waals surface area contributed by atoms with E-state index in [1.165, 1.54) is 0 Å². The van der Waals surface area contributed by atoms with Gasteiger partial charge in [0.25, 0.3) is 0 Å². The van der Waals surface area contributed by atoms with E-state index in [1.807, 2.05) is 0 Å². The summed E-state index contributed by atoms with van der Waals surface area (Å²) in [5.41, 5.74) is 0.946. The highest BCUT2D eigenvalue weighted by atomic mass is 16.2. The van der Waals surface area contributed by atoms with Gasteiger partial charge in [0.1, 0.15) is 0 Å². The Balaban J connectivity index is 2.09. The smallest absolute Gasteiger partial charge is 0.322 e. The number of hydrogen-bond donors (Lipinski definition) is 1. The normalized spacial score (nSPS) is 25.5. The molecular weight excluding hydrogens is 214 g/mol. The quantitative estimate of drug-likeness (QED) is 0.697. The summed E-state index contributed by atoms with van der Waals surface area (Å²) in [4.78, 5) is 15.8. The van der Waals surface area contributed by atoms with E-state index in [4.69, 9.17) is 0 Å². The lowest BCUT2D eigenvalue weighted by atomic mass is 9.84. The molecule has 2 rings (SSSR count). The molecule has 4 nitrogen and oxygen atoms in total. The number of hydrogen-bond acceptors (Lipinski definition) is 2. The van der Waals surface area contributed by atoms with Crippen LogP contribution in [0.5, 0.6) is 0 Å². The first kappa shape index (κ1) is 12.4.